The van der Waals surface area contributed by atoms with Gasteiger partial charge in [-0.25, -0.2) is 0 Å². The lowest BCUT2D eigenvalue weighted by atomic mass is 9.86. The zero-order chi connectivity index (χ0) is 9.54. The first-order chi connectivity index (χ1) is 6.86. The molecular formula is C13H14O. The van der Waals surface area contributed by atoms with E-state index in [2.05, 4.69) is 12.2 Å². The summed E-state index contributed by atoms with van der Waals surface area (Å²) in [5.41, 5.74) is 5.37. The minimum atomic E-state index is 0.481. The first-order valence-electron chi connectivity index (χ1n) is 5.39. The third-order valence-corrected chi connectivity index (χ3v) is 3.39. The fourth-order valence-corrected chi connectivity index (χ4v) is 2.71. The van der Waals surface area contributed by atoms with Gasteiger partial charge in [0.2, 0.25) is 0 Å². The molecule has 1 aromatic rings. The molecule has 0 aliphatic heterocycles. The molecular weight excluding hydrogens is 172 g/mol. The van der Waals surface area contributed by atoms with Crippen LogP contribution in [0.3, 0.4) is 0 Å². The summed E-state index contributed by atoms with van der Waals surface area (Å²) in [6.45, 7) is 0. The predicted molar refractivity (Wildman–Crippen MR) is 57.5 cm³/mol. The van der Waals surface area contributed by atoms with E-state index in [0.29, 0.717) is 5.75 Å². The topological polar surface area (TPSA) is 20.2 Å². The minimum absolute atomic E-state index is 0.481. The van der Waals surface area contributed by atoms with Crippen molar-refractivity contribution in [3.63, 3.8) is 0 Å². The Balaban J connectivity index is 2.24. The number of phenolic OH excluding ortho intramolecular Hbond substituents is 1. The van der Waals surface area contributed by atoms with Crippen LogP contribution in [0.25, 0.3) is 6.08 Å². The van der Waals surface area contributed by atoms with Gasteiger partial charge in [-0.3, -0.25) is 0 Å². The molecule has 2 aliphatic rings. The Bertz CT molecular complexity index is 416. The second-order valence-corrected chi connectivity index (χ2v) is 4.24. The van der Waals surface area contributed by atoms with Crippen molar-refractivity contribution in [3.8, 4) is 5.75 Å². The minimum Gasteiger partial charge on any atom is -0.507 e. The largest absolute Gasteiger partial charge is 0.507 e. The Morgan fingerprint density at radius 3 is 2.86 bits per heavy atom. The normalized spacial score (nSPS) is 18.0. The molecule has 0 spiro atoms. The van der Waals surface area contributed by atoms with Gasteiger partial charge in [-0.1, -0.05) is 12.2 Å². The third kappa shape index (κ3) is 1.02. The molecule has 1 heteroatoms. The van der Waals surface area contributed by atoms with Crippen LogP contribution in [0.4, 0.5) is 0 Å². The number of allylic oxidation sites excluding steroid dienone is 1. The molecule has 1 N–H and O–H groups in total. The number of hydrogen-bond donors (Lipinski definition) is 1. The Hall–Kier alpha value is -1.24. The van der Waals surface area contributed by atoms with E-state index >= 15 is 0 Å². The smallest absolute Gasteiger partial charge is 0.123 e. The van der Waals surface area contributed by atoms with Gasteiger partial charge in [0.25, 0.3) is 0 Å². The lowest BCUT2D eigenvalue weighted by Crippen LogP contribution is -2.06. The Kier molecular flexibility index (Phi) is 1.66. The number of aromatic hydroxyl groups is 1. The van der Waals surface area contributed by atoms with Crippen LogP contribution < -0.4 is 0 Å². The van der Waals surface area contributed by atoms with Crippen LogP contribution in [0.5, 0.6) is 5.75 Å². The van der Waals surface area contributed by atoms with Crippen LogP contribution in [-0.2, 0) is 19.3 Å². The maximum absolute atomic E-state index is 9.84. The molecule has 1 nitrogen and oxygen atoms in total. The zero-order valence-electron chi connectivity index (χ0n) is 8.21. The van der Waals surface area contributed by atoms with Crippen molar-refractivity contribution in [1.82, 2.24) is 0 Å². The lowest BCUT2D eigenvalue weighted by Gasteiger charge is -2.20. The summed E-state index contributed by atoms with van der Waals surface area (Å²) in [7, 11) is 0. The molecule has 0 amide bonds. The molecule has 0 bridgehead atoms. The predicted octanol–water partition coefficient (Wildman–Crippen LogP) is 2.84. The van der Waals surface area contributed by atoms with E-state index < -0.39 is 0 Å². The van der Waals surface area contributed by atoms with Gasteiger partial charge in [0, 0.05) is 5.56 Å². The Labute approximate surface area is 84.1 Å². The molecule has 0 saturated carbocycles. The van der Waals surface area contributed by atoms with Crippen molar-refractivity contribution in [2.24, 2.45) is 0 Å². The van der Waals surface area contributed by atoms with Gasteiger partial charge in [-0.2, -0.15) is 0 Å². The zero-order valence-corrected chi connectivity index (χ0v) is 8.21. The van der Waals surface area contributed by atoms with Crippen molar-refractivity contribution >= 4 is 6.08 Å². The van der Waals surface area contributed by atoms with E-state index in [1.54, 1.807) is 0 Å². The summed E-state index contributed by atoms with van der Waals surface area (Å²) in [5.74, 6) is 0.481. The molecule has 2 aliphatic carbocycles. The maximum Gasteiger partial charge on any atom is 0.123 e. The van der Waals surface area contributed by atoms with Crippen LogP contribution in [0.1, 0.15) is 35.1 Å². The van der Waals surface area contributed by atoms with Crippen LogP contribution in [-0.4, -0.2) is 5.11 Å². The summed E-state index contributed by atoms with van der Waals surface area (Å²) >= 11 is 0. The highest BCUT2D eigenvalue weighted by Crippen LogP contribution is 2.36. The highest BCUT2D eigenvalue weighted by Gasteiger charge is 2.20. The van der Waals surface area contributed by atoms with E-state index in [9.17, 15) is 5.11 Å². The molecule has 3 rings (SSSR count). The number of fused-ring (bicyclic) bond motifs is 3. The molecule has 0 fully saturated rings. The number of phenols is 1. The fourth-order valence-electron chi connectivity index (χ4n) is 2.71. The second kappa shape index (κ2) is 2.88. The maximum atomic E-state index is 9.84. The van der Waals surface area contributed by atoms with Crippen LogP contribution >= 0.6 is 0 Å². The monoisotopic (exact) mass is 186 g/mol. The third-order valence-electron chi connectivity index (χ3n) is 3.39. The van der Waals surface area contributed by atoms with Crippen molar-refractivity contribution in [2.45, 2.75) is 32.1 Å². The van der Waals surface area contributed by atoms with E-state index in [1.165, 1.54) is 36.0 Å². The summed E-state index contributed by atoms with van der Waals surface area (Å²) in [4.78, 5) is 0. The Morgan fingerprint density at radius 1 is 1.07 bits per heavy atom. The highest BCUT2D eigenvalue weighted by molar-refractivity contribution is 5.69. The van der Waals surface area contributed by atoms with E-state index in [0.717, 1.165) is 18.4 Å². The summed E-state index contributed by atoms with van der Waals surface area (Å²) in [5, 5.41) is 9.84. The molecule has 14 heavy (non-hydrogen) atoms. The molecule has 0 atom stereocenters. The number of aryl methyl sites for hydroxylation is 1. The molecule has 1 aromatic carbocycles. The number of hydrogen-bond acceptors (Lipinski definition) is 1. The van der Waals surface area contributed by atoms with Crippen molar-refractivity contribution < 1.29 is 5.11 Å². The lowest BCUT2D eigenvalue weighted by molar-refractivity contribution is 0.471. The number of rotatable bonds is 0. The van der Waals surface area contributed by atoms with E-state index in [4.69, 9.17) is 0 Å². The van der Waals surface area contributed by atoms with Gasteiger partial charge in [-0.05, 0) is 54.9 Å². The first kappa shape index (κ1) is 8.10. The van der Waals surface area contributed by atoms with Crippen molar-refractivity contribution in [1.29, 1.82) is 0 Å². The van der Waals surface area contributed by atoms with Crippen LogP contribution in [0.15, 0.2) is 12.1 Å². The molecule has 0 saturated heterocycles. The van der Waals surface area contributed by atoms with Gasteiger partial charge in [0.05, 0.1) is 0 Å². The summed E-state index contributed by atoms with van der Waals surface area (Å²) in [6.07, 6.45) is 10.2. The van der Waals surface area contributed by atoms with Crippen molar-refractivity contribution in [2.75, 3.05) is 0 Å². The quantitative estimate of drug-likeness (QED) is 0.660. The van der Waals surface area contributed by atoms with Gasteiger partial charge in [0.15, 0.2) is 0 Å². The fraction of sp³-hybridized carbons (Fsp3) is 0.385. The van der Waals surface area contributed by atoms with E-state index in [1.807, 2.05) is 6.07 Å². The van der Waals surface area contributed by atoms with Gasteiger partial charge < -0.3 is 5.11 Å². The molecule has 0 unspecified atom stereocenters. The second-order valence-electron chi connectivity index (χ2n) is 4.24. The van der Waals surface area contributed by atoms with Gasteiger partial charge in [-0.15, -0.1) is 0 Å². The molecule has 0 radical (unpaired) electrons. The molecule has 0 aromatic heterocycles. The average molecular weight is 186 g/mol. The van der Waals surface area contributed by atoms with Crippen LogP contribution in [0, 0.1) is 0 Å². The highest BCUT2D eigenvalue weighted by atomic mass is 16.3. The summed E-state index contributed by atoms with van der Waals surface area (Å²) < 4.78 is 0. The average Bonchev–Trinajstić information content (AvgIpc) is 2.67. The van der Waals surface area contributed by atoms with Gasteiger partial charge >= 0.3 is 0 Å². The standard InChI is InChI=1S/C13H14O/c14-13-8-9-4-1-2-5-10(9)11-6-3-7-12(11)13/h3,7-8,14H,1-2,4-6H2. The number of benzene rings is 1. The van der Waals surface area contributed by atoms with Crippen LogP contribution in [0.2, 0.25) is 0 Å². The SMILES string of the molecule is Oc1cc2c(c3c1C=CC3)CCCC2. The molecule has 72 valence electrons. The Morgan fingerprint density at radius 2 is 1.93 bits per heavy atom. The van der Waals surface area contributed by atoms with E-state index in [-0.39, 0.29) is 0 Å². The van der Waals surface area contributed by atoms with Crippen molar-refractivity contribution in [3.05, 3.63) is 34.4 Å². The molecule has 0 heterocycles. The van der Waals surface area contributed by atoms with Gasteiger partial charge in [0.1, 0.15) is 5.75 Å². The first-order valence-corrected chi connectivity index (χ1v) is 5.39. The summed E-state index contributed by atoms with van der Waals surface area (Å²) in [6, 6.07) is 1.98.